The van der Waals surface area contributed by atoms with E-state index in [0.29, 0.717) is 6.04 Å². The summed E-state index contributed by atoms with van der Waals surface area (Å²) in [7, 11) is 4.27. The number of hydrogen-bond donors (Lipinski definition) is 1. The van der Waals surface area contributed by atoms with E-state index >= 15 is 0 Å². The van der Waals surface area contributed by atoms with Gasteiger partial charge in [-0.3, -0.25) is 0 Å². The molecule has 0 radical (unpaired) electrons. The summed E-state index contributed by atoms with van der Waals surface area (Å²) in [5.41, 5.74) is 0. The zero-order valence-electron chi connectivity index (χ0n) is 15.7. The van der Waals surface area contributed by atoms with Crippen molar-refractivity contribution < 1.29 is 5.11 Å². The number of likely N-dealkylation sites (N-methyl/N-ethyl adjacent to an activating group) is 1. The van der Waals surface area contributed by atoms with Crippen LogP contribution in [0.15, 0.2) is 0 Å². The highest BCUT2D eigenvalue weighted by molar-refractivity contribution is 4.66. The molecule has 0 aliphatic rings. The van der Waals surface area contributed by atoms with Gasteiger partial charge in [0, 0.05) is 12.6 Å². The Bertz CT molecular complexity index is 163. The van der Waals surface area contributed by atoms with E-state index in [-0.39, 0.29) is 6.61 Å². The number of nitrogens with zero attached hydrogens (tertiary/aromatic N) is 2. The van der Waals surface area contributed by atoms with Gasteiger partial charge in [0.1, 0.15) is 0 Å². The molecule has 0 saturated carbocycles. The second kappa shape index (κ2) is 18.9. The van der Waals surface area contributed by atoms with Gasteiger partial charge in [-0.1, -0.05) is 41.5 Å². The summed E-state index contributed by atoms with van der Waals surface area (Å²) >= 11 is 0. The van der Waals surface area contributed by atoms with E-state index in [1.165, 1.54) is 19.4 Å². The molecule has 3 heteroatoms. The molecule has 0 heterocycles. The zero-order chi connectivity index (χ0) is 16.6. The van der Waals surface area contributed by atoms with Gasteiger partial charge in [0.2, 0.25) is 0 Å². The molecule has 0 aromatic carbocycles. The van der Waals surface area contributed by atoms with Gasteiger partial charge in [0.15, 0.2) is 0 Å². The Morgan fingerprint density at radius 1 is 0.800 bits per heavy atom. The van der Waals surface area contributed by atoms with Gasteiger partial charge < -0.3 is 14.9 Å². The summed E-state index contributed by atoms with van der Waals surface area (Å²) in [6.07, 6.45) is 2.44. The quantitative estimate of drug-likeness (QED) is 0.701. The molecule has 0 bridgehead atoms. The van der Waals surface area contributed by atoms with Crippen LogP contribution in [0, 0.1) is 5.92 Å². The molecule has 0 aliphatic carbocycles. The van der Waals surface area contributed by atoms with Crippen LogP contribution in [0.3, 0.4) is 0 Å². The molecule has 3 nitrogen and oxygen atoms in total. The normalized spacial score (nSPS) is 11.8. The van der Waals surface area contributed by atoms with Crippen LogP contribution in [-0.2, 0) is 0 Å². The standard InChI is InChI=1S/C13H30N2O.2C2H6/c1-12(2)6-9-15(5)13(3)7-8-14(4)10-11-16;2*1-2/h12-13,16H,6-11H2,1-5H3;2*1-2H3. The summed E-state index contributed by atoms with van der Waals surface area (Å²) in [6, 6.07) is 0.625. The second-order valence-corrected chi connectivity index (χ2v) is 5.33. The van der Waals surface area contributed by atoms with Crippen LogP contribution in [0.5, 0.6) is 0 Å². The Labute approximate surface area is 129 Å². The molecule has 20 heavy (non-hydrogen) atoms. The third-order valence-electron chi connectivity index (χ3n) is 3.22. The minimum absolute atomic E-state index is 0.258. The Hall–Kier alpha value is -0.120. The SMILES string of the molecule is CC.CC.CC(C)CCN(C)C(C)CCN(C)CCO. The highest BCUT2D eigenvalue weighted by Gasteiger charge is 2.10. The van der Waals surface area contributed by atoms with Crippen molar-refractivity contribution in [1.82, 2.24) is 9.80 Å². The molecule has 0 amide bonds. The summed E-state index contributed by atoms with van der Waals surface area (Å²) < 4.78 is 0. The fraction of sp³-hybridized carbons (Fsp3) is 1.00. The number of rotatable bonds is 9. The Kier molecular flexibility index (Phi) is 23.5. The first-order chi connectivity index (χ1) is 9.47. The third-order valence-corrected chi connectivity index (χ3v) is 3.22. The van der Waals surface area contributed by atoms with E-state index in [1.807, 2.05) is 27.7 Å². The van der Waals surface area contributed by atoms with E-state index in [2.05, 4.69) is 44.7 Å². The van der Waals surface area contributed by atoms with E-state index in [4.69, 9.17) is 5.11 Å². The molecular formula is C17H42N2O. The Morgan fingerprint density at radius 3 is 1.70 bits per heavy atom. The van der Waals surface area contributed by atoms with Crippen LogP contribution in [0.2, 0.25) is 0 Å². The molecule has 0 spiro atoms. The highest BCUT2D eigenvalue weighted by Crippen LogP contribution is 2.06. The van der Waals surface area contributed by atoms with E-state index in [1.54, 1.807) is 0 Å². The second-order valence-electron chi connectivity index (χ2n) is 5.33. The van der Waals surface area contributed by atoms with Crippen molar-refractivity contribution in [3.63, 3.8) is 0 Å². The zero-order valence-corrected chi connectivity index (χ0v) is 15.7. The van der Waals surface area contributed by atoms with Crippen molar-refractivity contribution in [3.05, 3.63) is 0 Å². The number of aliphatic hydroxyl groups is 1. The Balaban J connectivity index is -0.000000656. The van der Waals surface area contributed by atoms with Crippen LogP contribution in [0.4, 0.5) is 0 Å². The van der Waals surface area contributed by atoms with Crippen molar-refractivity contribution in [1.29, 1.82) is 0 Å². The molecule has 0 fully saturated rings. The minimum Gasteiger partial charge on any atom is -0.395 e. The number of aliphatic hydroxyl groups excluding tert-OH is 1. The predicted molar refractivity (Wildman–Crippen MR) is 93.4 cm³/mol. The van der Waals surface area contributed by atoms with Crippen LogP contribution < -0.4 is 0 Å². The maximum atomic E-state index is 8.80. The summed E-state index contributed by atoms with van der Waals surface area (Å²) in [6.45, 7) is 18.1. The fourth-order valence-corrected chi connectivity index (χ4v) is 1.59. The van der Waals surface area contributed by atoms with Gasteiger partial charge in [0.05, 0.1) is 6.61 Å². The molecule has 0 rings (SSSR count). The van der Waals surface area contributed by atoms with Crippen molar-refractivity contribution in [3.8, 4) is 0 Å². The molecule has 1 N–H and O–H groups in total. The van der Waals surface area contributed by atoms with Crippen molar-refractivity contribution >= 4 is 0 Å². The molecular weight excluding hydrogens is 248 g/mol. The first-order valence-corrected chi connectivity index (χ1v) is 8.47. The third kappa shape index (κ3) is 17.9. The first kappa shape index (κ1) is 24.9. The monoisotopic (exact) mass is 290 g/mol. The topological polar surface area (TPSA) is 26.7 Å². The molecule has 126 valence electrons. The van der Waals surface area contributed by atoms with Gasteiger partial charge in [-0.15, -0.1) is 0 Å². The van der Waals surface area contributed by atoms with Crippen LogP contribution in [0.25, 0.3) is 0 Å². The van der Waals surface area contributed by atoms with E-state index in [0.717, 1.165) is 19.0 Å². The van der Waals surface area contributed by atoms with Gasteiger partial charge >= 0.3 is 0 Å². The molecule has 1 unspecified atom stereocenters. The summed E-state index contributed by atoms with van der Waals surface area (Å²) in [5, 5.41) is 8.80. The highest BCUT2D eigenvalue weighted by atomic mass is 16.3. The van der Waals surface area contributed by atoms with Crippen LogP contribution >= 0.6 is 0 Å². The first-order valence-electron chi connectivity index (χ1n) is 8.47. The average molecular weight is 291 g/mol. The predicted octanol–water partition coefficient (Wildman–Crippen LogP) is 3.72. The smallest absolute Gasteiger partial charge is 0.0558 e. The summed E-state index contributed by atoms with van der Waals surface area (Å²) in [5.74, 6) is 0.784. The lowest BCUT2D eigenvalue weighted by atomic mass is 10.1. The minimum atomic E-state index is 0.258. The fourth-order valence-electron chi connectivity index (χ4n) is 1.59. The lowest BCUT2D eigenvalue weighted by Gasteiger charge is -2.27. The largest absolute Gasteiger partial charge is 0.395 e. The molecule has 0 aromatic heterocycles. The lowest BCUT2D eigenvalue weighted by Crippen LogP contribution is -2.34. The van der Waals surface area contributed by atoms with Crippen molar-refractivity contribution in [2.45, 2.75) is 67.3 Å². The maximum Gasteiger partial charge on any atom is 0.0558 e. The van der Waals surface area contributed by atoms with Crippen LogP contribution in [-0.4, -0.2) is 61.3 Å². The van der Waals surface area contributed by atoms with Gasteiger partial charge in [-0.05, 0) is 52.9 Å². The lowest BCUT2D eigenvalue weighted by molar-refractivity contribution is 0.187. The number of hydrogen-bond acceptors (Lipinski definition) is 3. The summed E-state index contributed by atoms with van der Waals surface area (Å²) in [4.78, 5) is 4.62. The molecule has 0 aromatic rings. The molecule has 0 aliphatic heterocycles. The van der Waals surface area contributed by atoms with E-state index < -0.39 is 0 Å². The molecule has 0 saturated heterocycles. The van der Waals surface area contributed by atoms with Gasteiger partial charge in [0.25, 0.3) is 0 Å². The van der Waals surface area contributed by atoms with Crippen LogP contribution in [0.1, 0.15) is 61.3 Å². The average Bonchev–Trinajstić information content (AvgIpc) is 2.46. The van der Waals surface area contributed by atoms with Gasteiger partial charge in [-0.2, -0.15) is 0 Å². The van der Waals surface area contributed by atoms with Crippen molar-refractivity contribution in [2.75, 3.05) is 40.3 Å². The van der Waals surface area contributed by atoms with Gasteiger partial charge in [-0.25, -0.2) is 0 Å². The Morgan fingerprint density at radius 2 is 1.30 bits per heavy atom. The van der Waals surface area contributed by atoms with E-state index in [9.17, 15) is 0 Å². The maximum absolute atomic E-state index is 8.80. The molecule has 1 atom stereocenters. The van der Waals surface area contributed by atoms with Crippen molar-refractivity contribution in [2.24, 2.45) is 5.92 Å².